The smallest absolute Gasteiger partial charge is 0.238 e. The van der Waals surface area contributed by atoms with Crippen LogP contribution >= 0.6 is 0 Å². The zero-order valence-corrected chi connectivity index (χ0v) is 36.9. The lowest BCUT2D eigenvalue weighted by Crippen LogP contribution is -2.07. The van der Waals surface area contributed by atoms with Crippen LogP contribution in [0.2, 0.25) is 0 Å². The normalized spacial score (nSPS) is 11.5. The molecule has 0 aliphatic rings. The molecular weight excluding hydrogens is 827 g/mol. The summed E-state index contributed by atoms with van der Waals surface area (Å²) in [6, 6.07) is 88.3. The first kappa shape index (κ1) is 39.2. The van der Waals surface area contributed by atoms with Gasteiger partial charge in [0.2, 0.25) is 5.95 Å². The Bertz CT molecular complexity index is 4010. The van der Waals surface area contributed by atoms with Crippen LogP contribution in [0, 0.1) is 0 Å². The van der Waals surface area contributed by atoms with Gasteiger partial charge in [-0.2, -0.15) is 9.97 Å². The van der Waals surface area contributed by atoms with Crippen LogP contribution in [0.1, 0.15) is 0 Å². The summed E-state index contributed by atoms with van der Waals surface area (Å²) in [5, 5.41) is 4.53. The summed E-state index contributed by atoms with van der Waals surface area (Å²) in [5.41, 5.74) is 16.3. The van der Waals surface area contributed by atoms with E-state index in [0.717, 1.165) is 93.8 Å². The highest BCUT2D eigenvalue weighted by Gasteiger charge is 2.25. The molecule has 0 radical (unpaired) electrons. The molecule has 0 N–H and O–H groups in total. The highest BCUT2D eigenvalue weighted by molar-refractivity contribution is 6.24. The first-order chi connectivity index (χ1) is 33.7. The Kier molecular flexibility index (Phi) is 9.43. The number of hydrogen-bond acceptors (Lipinski definition) is 3. The molecule has 0 fully saturated rings. The fourth-order valence-electron chi connectivity index (χ4n) is 10.1. The van der Waals surface area contributed by atoms with Crippen LogP contribution in [0.15, 0.2) is 249 Å². The Balaban J connectivity index is 1.13. The molecule has 0 atom stereocenters. The van der Waals surface area contributed by atoms with Crippen LogP contribution in [-0.2, 0) is 0 Å². The molecule has 0 amide bonds. The summed E-state index contributed by atoms with van der Waals surface area (Å²) in [6.07, 6.45) is 0. The highest BCUT2D eigenvalue weighted by atomic mass is 15.2. The third-order valence-electron chi connectivity index (χ3n) is 13.2. The molecule has 13 rings (SSSR count). The molecule has 318 valence electrons. The van der Waals surface area contributed by atoms with Crippen LogP contribution in [0.25, 0.3) is 123 Å². The average molecular weight is 868 g/mol. The average Bonchev–Trinajstić information content (AvgIpc) is 3.95. The van der Waals surface area contributed by atoms with Crippen LogP contribution in [0.5, 0.6) is 0 Å². The van der Waals surface area contributed by atoms with E-state index in [4.69, 9.17) is 15.0 Å². The number of rotatable bonds is 8. The molecule has 0 saturated carbocycles. The van der Waals surface area contributed by atoms with Crippen molar-refractivity contribution in [1.29, 1.82) is 0 Å². The van der Waals surface area contributed by atoms with Crippen molar-refractivity contribution in [2.24, 2.45) is 0 Å². The van der Waals surface area contributed by atoms with Crippen molar-refractivity contribution in [1.82, 2.24) is 24.1 Å². The summed E-state index contributed by atoms with van der Waals surface area (Å²) in [5.74, 6) is 1.75. The van der Waals surface area contributed by atoms with Crippen molar-refractivity contribution >= 4 is 43.6 Å². The van der Waals surface area contributed by atoms with Gasteiger partial charge in [0.05, 0.1) is 27.8 Å². The summed E-state index contributed by atoms with van der Waals surface area (Å²) in [4.78, 5) is 16.1. The number of para-hydroxylation sites is 3. The van der Waals surface area contributed by atoms with Gasteiger partial charge in [-0.1, -0.05) is 218 Å². The van der Waals surface area contributed by atoms with E-state index in [1.807, 2.05) is 24.3 Å². The minimum Gasteiger partial charge on any atom is -0.307 e. The Labute approximate surface area is 393 Å². The molecule has 3 aromatic heterocycles. The number of aromatic nitrogens is 5. The van der Waals surface area contributed by atoms with Gasteiger partial charge in [-0.3, -0.25) is 4.57 Å². The van der Waals surface area contributed by atoms with Crippen molar-refractivity contribution in [2.75, 3.05) is 0 Å². The number of hydrogen-bond donors (Lipinski definition) is 0. The standard InChI is InChI=1S/C63H41N5/c1-5-20-42(21-6-1)46-28-19-29-48(40-46)62-64-61(45-26-11-4-12-27-45)65-63(66-62)68-58-35-18-14-31-51(58)54-39-38-53-50-30-13-16-33-56(50)67(59(53)60(54)68)57-34-17-15-32-52(57)55-41-47(43-22-7-2-8-23-43)36-37-49(55)44-24-9-3-10-25-44/h1-41H. The van der Waals surface area contributed by atoms with E-state index in [-0.39, 0.29) is 0 Å². The third-order valence-corrected chi connectivity index (χ3v) is 13.2. The van der Waals surface area contributed by atoms with Crippen molar-refractivity contribution in [3.05, 3.63) is 249 Å². The minimum atomic E-state index is 0.546. The van der Waals surface area contributed by atoms with E-state index in [0.29, 0.717) is 17.6 Å². The maximum Gasteiger partial charge on any atom is 0.238 e. The molecular formula is C63H41N5. The molecule has 3 heterocycles. The fraction of sp³-hybridized carbons (Fsp3) is 0. The molecule has 13 aromatic rings. The Morgan fingerprint density at radius 1 is 0.250 bits per heavy atom. The predicted octanol–water partition coefficient (Wildman–Crippen LogP) is 16.1. The van der Waals surface area contributed by atoms with Gasteiger partial charge in [-0.05, 0) is 69.3 Å². The summed E-state index contributed by atoms with van der Waals surface area (Å²) in [7, 11) is 0. The zero-order chi connectivity index (χ0) is 45.0. The molecule has 0 aliphatic heterocycles. The van der Waals surface area contributed by atoms with Gasteiger partial charge in [0.25, 0.3) is 0 Å². The molecule has 10 aromatic carbocycles. The maximum atomic E-state index is 5.45. The number of nitrogens with zero attached hydrogens (tertiary/aromatic N) is 5. The van der Waals surface area contributed by atoms with Gasteiger partial charge < -0.3 is 4.57 Å². The molecule has 0 aliphatic carbocycles. The Morgan fingerprint density at radius 2 is 0.721 bits per heavy atom. The van der Waals surface area contributed by atoms with E-state index >= 15 is 0 Å². The van der Waals surface area contributed by atoms with Gasteiger partial charge in [-0.25, -0.2) is 4.98 Å². The second-order valence-corrected chi connectivity index (χ2v) is 17.2. The maximum absolute atomic E-state index is 5.45. The fourth-order valence-corrected chi connectivity index (χ4v) is 10.1. The first-order valence-corrected chi connectivity index (χ1v) is 23.0. The van der Waals surface area contributed by atoms with Gasteiger partial charge in [0, 0.05) is 38.2 Å². The molecule has 68 heavy (non-hydrogen) atoms. The second-order valence-electron chi connectivity index (χ2n) is 17.2. The molecule has 5 nitrogen and oxygen atoms in total. The lowest BCUT2D eigenvalue weighted by Gasteiger charge is -2.19. The van der Waals surface area contributed by atoms with Gasteiger partial charge in [-0.15, -0.1) is 0 Å². The van der Waals surface area contributed by atoms with Crippen LogP contribution in [0.3, 0.4) is 0 Å². The monoisotopic (exact) mass is 867 g/mol. The topological polar surface area (TPSA) is 48.5 Å². The van der Waals surface area contributed by atoms with Crippen molar-refractivity contribution in [3.63, 3.8) is 0 Å². The molecule has 0 bridgehead atoms. The zero-order valence-electron chi connectivity index (χ0n) is 36.9. The predicted molar refractivity (Wildman–Crippen MR) is 281 cm³/mol. The Hall–Kier alpha value is -9.19. The van der Waals surface area contributed by atoms with Crippen molar-refractivity contribution in [3.8, 4) is 78.9 Å². The van der Waals surface area contributed by atoms with Crippen LogP contribution in [-0.4, -0.2) is 24.1 Å². The highest BCUT2D eigenvalue weighted by Crippen LogP contribution is 2.45. The number of fused-ring (bicyclic) bond motifs is 7. The molecule has 5 heteroatoms. The Morgan fingerprint density at radius 3 is 1.37 bits per heavy atom. The molecule has 0 saturated heterocycles. The molecule has 0 spiro atoms. The first-order valence-electron chi connectivity index (χ1n) is 23.0. The van der Waals surface area contributed by atoms with Crippen molar-refractivity contribution < 1.29 is 0 Å². The van der Waals surface area contributed by atoms with Gasteiger partial charge >= 0.3 is 0 Å². The SMILES string of the molecule is c1ccc(-c2cccc(-c3nc(-c4ccccc4)nc(-n4c5ccccc5c5ccc6c7ccccc7n(-c7ccccc7-c7cc(-c8ccccc8)ccc7-c7ccccc7)c6c54)n3)c2)cc1. The van der Waals surface area contributed by atoms with Crippen molar-refractivity contribution in [2.45, 2.75) is 0 Å². The van der Waals surface area contributed by atoms with E-state index in [9.17, 15) is 0 Å². The van der Waals surface area contributed by atoms with E-state index < -0.39 is 0 Å². The van der Waals surface area contributed by atoms with E-state index in [1.54, 1.807) is 0 Å². The minimum absolute atomic E-state index is 0.546. The van der Waals surface area contributed by atoms with Gasteiger partial charge in [0.1, 0.15) is 0 Å². The van der Waals surface area contributed by atoms with E-state index in [2.05, 4.69) is 234 Å². The van der Waals surface area contributed by atoms with E-state index in [1.165, 1.54) is 11.1 Å². The summed E-state index contributed by atoms with van der Waals surface area (Å²) < 4.78 is 4.75. The lowest BCUT2D eigenvalue weighted by atomic mass is 9.90. The quantitative estimate of drug-likeness (QED) is 0.153. The number of benzene rings is 10. The largest absolute Gasteiger partial charge is 0.307 e. The third kappa shape index (κ3) is 6.59. The lowest BCUT2D eigenvalue weighted by molar-refractivity contribution is 0.953. The summed E-state index contributed by atoms with van der Waals surface area (Å²) in [6.45, 7) is 0. The van der Waals surface area contributed by atoms with Crippen LogP contribution < -0.4 is 0 Å². The summed E-state index contributed by atoms with van der Waals surface area (Å²) >= 11 is 0. The van der Waals surface area contributed by atoms with Crippen LogP contribution in [0.4, 0.5) is 0 Å². The second kappa shape index (κ2) is 16.4. The van der Waals surface area contributed by atoms with Gasteiger partial charge in [0.15, 0.2) is 11.6 Å². The molecule has 0 unspecified atom stereocenters.